The fraction of sp³-hybridized carbons (Fsp3) is 0.571. The van der Waals surface area contributed by atoms with Crippen LogP contribution >= 0.6 is 0 Å². The minimum Gasteiger partial charge on any atom is -0.452 e. The molecule has 1 atom stereocenters. The predicted molar refractivity (Wildman–Crippen MR) is 105 cm³/mol. The number of rotatable bonds is 9. The predicted octanol–water partition coefficient (Wildman–Crippen LogP) is 3.30. The summed E-state index contributed by atoms with van der Waals surface area (Å²) >= 11 is 0. The molecule has 0 unspecified atom stereocenters. The molecule has 1 heterocycles. The van der Waals surface area contributed by atoms with Gasteiger partial charge in [-0.3, -0.25) is 9.59 Å². The van der Waals surface area contributed by atoms with Crippen LogP contribution in [0.3, 0.4) is 0 Å². The summed E-state index contributed by atoms with van der Waals surface area (Å²) in [7, 11) is 0. The van der Waals surface area contributed by atoms with Gasteiger partial charge in [0.2, 0.25) is 5.91 Å². The van der Waals surface area contributed by atoms with E-state index in [1.807, 2.05) is 6.92 Å². The van der Waals surface area contributed by atoms with E-state index in [4.69, 9.17) is 4.74 Å². The Balaban J connectivity index is 1.85. The maximum Gasteiger partial charge on any atom is 0.340 e. The van der Waals surface area contributed by atoms with Crippen molar-refractivity contribution in [2.45, 2.75) is 58.9 Å². The molecule has 1 N–H and O–H groups in total. The molecule has 0 aliphatic carbocycles. The highest BCUT2D eigenvalue weighted by molar-refractivity contribution is 6.03. The van der Waals surface area contributed by atoms with Crippen molar-refractivity contribution in [3.8, 4) is 0 Å². The lowest BCUT2D eigenvalue weighted by molar-refractivity contribution is -0.125. The molecule has 0 spiro atoms. The van der Waals surface area contributed by atoms with Crippen LogP contribution in [0, 0.1) is 5.92 Å². The van der Waals surface area contributed by atoms with Crippen molar-refractivity contribution in [3.05, 3.63) is 29.8 Å². The van der Waals surface area contributed by atoms with Crippen molar-refractivity contribution >= 4 is 23.5 Å². The average molecular weight is 374 g/mol. The van der Waals surface area contributed by atoms with Gasteiger partial charge in [0.15, 0.2) is 6.61 Å². The summed E-state index contributed by atoms with van der Waals surface area (Å²) in [6, 6.07) is 6.90. The Morgan fingerprint density at radius 2 is 1.93 bits per heavy atom. The van der Waals surface area contributed by atoms with Gasteiger partial charge < -0.3 is 15.0 Å². The minimum atomic E-state index is -0.590. The number of esters is 1. The van der Waals surface area contributed by atoms with Gasteiger partial charge in [-0.1, -0.05) is 38.8 Å². The van der Waals surface area contributed by atoms with Crippen LogP contribution in [0.15, 0.2) is 24.3 Å². The molecule has 1 fully saturated rings. The van der Waals surface area contributed by atoms with Crippen LogP contribution in [0.2, 0.25) is 0 Å². The number of anilines is 1. The molecule has 6 nitrogen and oxygen atoms in total. The largest absolute Gasteiger partial charge is 0.452 e. The molecule has 0 saturated carbocycles. The molecule has 2 amide bonds. The summed E-state index contributed by atoms with van der Waals surface area (Å²) in [4.78, 5) is 38.0. The Labute approximate surface area is 161 Å². The number of benzene rings is 1. The molecule has 2 rings (SSSR count). The fourth-order valence-corrected chi connectivity index (χ4v) is 3.21. The quantitative estimate of drug-likeness (QED) is 0.673. The summed E-state index contributed by atoms with van der Waals surface area (Å²) in [5, 5.41) is 2.86. The lowest BCUT2D eigenvalue weighted by atomic mass is 10.0. The van der Waals surface area contributed by atoms with Gasteiger partial charge in [0.05, 0.1) is 11.3 Å². The van der Waals surface area contributed by atoms with Crippen molar-refractivity contribution in [1.82, 2.24) is 5.32 Å². The van der Waals surface area contributed by atoms with Crippen LogP contribution in [0.25, 0.3) is 0 Å². The molecule has 1 aliphatic rings. The third kappa shape index (κ3) is 6.38. The van der Waals surface area contributed by atoms with Crippen LogP contribution in [0.1, 0.15) is 63.2 Å². The Hall–Kier alpha value is -2.37. The maximum atomic E-state index is 12.4. The number of carbonyl (C=O) groups excluding carboxylic acids is 3. The Kier molecular flexibility index (Phi) is 7.82. The van der Waals surface area contributed by atoms with E-state index < -0.39 is 5.97 Å². The van der Waals surface area contributed by atoms with E-state index in [2.05, 4.69) is 19.2 Å². The van der Waals surface area contributed by atoms with E-state index in [1.54, 1.807) is 29.2 Å². The molecule has 1 aliphatic heterocycles. The first-order valence-corrected chi connectivity index (χ1v) is 9.74. The summed E-state index contributed by atoms with van der Waals surface area (Å²) in [5.41, 5.74) is 0.859. The summed E-state index contributed by atoms with van der Waals surface area (Å²) < 4.78 is 5.18. The van der Waals surface area contributed by atoms with Gasteiger partial charge in [0, 0.05) is 19.0 Å². The molecule has 0 aromatic heterocycles. The van der Waals surface area contributed by atoms with Gasteiger partial charge in [-0.2, -0.15) is 0 Å². The number of nitrogens with zero attached hydrogens (tertiary/aromatic N) is 1. The maximum absolute atomic E-state index is 12.4. The number of hydrogen-bond acceptors (Lipinski definition) is 4. The Morgan fingerprint density at radius 3 is 2.59 bits per heavy atom. The monoisotopic (exact) mass is 374 g/mol. The van der Waals surface area contributed by atoms with E-state index in [0.717, 1.165) is 25.7 Å². The van der Waals surface area contributed by atoms with Crippen molar-refractivity contribution in [2.24, 2.45) is 5.92 Å². The highest BCUT2D eigenvalue weighted by Crippen LogP contribution is 2.25. The zero-order chi connectivity index (χ0) is 19.8. The van der Waals surface area contributed by atoms with E-state index in [-0.39, 0.29) is 24.5 Å². The summed E-state index contributed by atoms with van der Waals surface area (Å²) in [6.07, 6.45) is 4.34. The second-order valence-electron chi connectivity index (χ2n) is 7.54. The normalized spacial score (nSPS) is 15.1. The van der Waals surface area contributed by atoms with E-state index in [0.29, 0.717) is 30.1 Å². The van der Waals surface area contributed by atoms with Crippen molar-refractivity contribution in [1.29, 1.82) is 0 Å². The molecule has 0 bridgehead atoms. The summed E-state index contributed by atoms with van der Waals surface area (Å²) in [6.45, 7) is 6.58. The zero-order valence-corrected chi connectivity index (χ0v) is 16.5. The van der Waals surface area contributed by atoms with Crippen LogP contribution in [-0.2, 0) is 14.3 Å². The van der Waals surface area contributed by atoms with Crippen LogP contribution in [-0.4, -0.2) is 37.0 Å². The van der Waals surface area contributed by atoms with Crippen molar-refractivity contribution < 1.29 is 19.1 Å². The van der Waals surface area contributed by atoms with Crippen molar-refractivity contribution in [3.63, 3.8) is 0 Å². The van der Waals surface area contributed by atoms with E-state index in [1.165, 1.54) is 0 Å². The first-order valence-electron chi connectivity index (χ1n) is 9.74. The van der Waals surface area contributed by atoms with Gasteiger partial charge in [0.25, 0.3) is 5.91 Å². The molecule has 1 aromatic carbocycles. The average Bonchev–Trinajstić information content (AvgIpc) is 3.05. The first-order chi connectivity index (χ1) is 12.9. The Bertz CT molecular complexity index is 672. The van der Waals surface area contributed by atoms with Gasteiger partial charge in [0.1, 0.15) is 0 Å². The molecule has 6 heteroatoms. The fourth-order valence-electron chi connectivity index (χ4n) is 3.21. The smallest absolute Gasteiger partial charge is 0.340 e. The molecule has 0 radical (unpaired) electrons. The third-order valence-electron chi connectivity index (χ3n) is 4.65. The topological polar surface area (TPSA) is 75.7 Å². The first kappa shape index (κ1) is 20.9. The summed E-state index contributed by atoms with van der Waals surface area (Å²) in [5.74, 6) is -0.248. The van der Waals surface area contributed by atoms with Gasteiger partial charge >= 0.3 is 5.97 Å². The third-order valence-corrected chi connectivity index (χ3v) is 4.65. The minimum absolute atomic E-state index is 0.00298. The number of ether oxygens (including phenoxy) is 1. The molecular formula is C21H30N2O4. The van der Waals surface area contributed by atoms with Crippen LogP contribution < -0.4 is 10.2 Å². The van der Waals surface area contributed by atoms with Crippen LogP contribution in [0.4, 0.5) is 5.69 Å². The zero-order valence-electron chi connectivity index (χ0n) is 16.5. The molecular weight excluding hydrogens is 344 g/mol. The lowest BCUT2D eigenvalue weighted by Crippen LogP contribution is -2.36. The number of amides is 2. The van der Waals surface area contributed by atoms with Gasteiger partial charge in [-0.15, -0.1) is 0 Å². The second kappa shape index (κ2) is 10.1. The highest BCUT2D eigenvalue weighted by Gasteiger charge is 2.26. The molecule has 27 heavy (non-hydrogen) atoms. The number of nitrogens with one attached hydrogen (secondary N) is 1. The molecule has 148 valence electrons. The van der Waals surface area contributed by atoms with E-state index in [9.17, 15) is 14.4 Å². The highest BCUT2D eigenvalue weighted by atomic mass is 16.5. The number of carbonyl (C=O) groups is 3. The second-order valence-corrected chi connectivity index (χ2v) is 7.54. The Morgan fingerprint density at radius 1 is 1.19 bits per heavy atom. The lowest BCUT2D eigenvalue weighted by Gasteiger charge is -2.19. The molecule has 1 aromatic rings. The molecule has 1 saturated heterocycles. The van der Waals surface area contributed by atoms with Gasteiger partial charge in [-0.05, 0) is 37.8 Å². The number of para-hydroxylation sites is 1. The van der Waals surface area contributed by atoms with Crippen molar-refractivity contribution in [2.75, 3.05) is 18.1 Å². The van der Waals surface area contributed by atoms with Gasteiger partial charge in [-0.25, -0.2) is 4.79 Å². The number of hydrogen-bond donors (Lipinski definition) is 1. The SMILES string of the molecule is CC(C)CCC[C@@H](C)NC(=O)COC(=O)c1ccccc1N1CCCC1=O. The van der Waals surface area contributed by atoms with E-state index >= 15 is 0 Å². The standard InChI is InChI=1S/C21H30N2O4/c1-15(2)8-6-9-16(3)22-19(24)14-27-21(26)17-10-4-5-11-18(17)23-13-7-12-20(23)25/h4-5,10-11,15-16H,6-9,12-14H2,1-3H3,(H,22,24)/t16-/m1/s1. The van der Waals surface area contributed by atoms with Crippen LogP contribution in [0.5, 0.6) is 0 Å².